The molecule has 1 aliphatic carbocycles. The van der Waals surface area contributed by atoms with Crippen molar-refractivity contribution in [2.45, 2.75) is 227 Å². The van der Waals surface area contributed by atoms with Crippen LogP contribution < -0.4 is 42.1 Å². The van der Waals surface area contributed by atoms with Gasteiger partial charge in [-0.15, -0.1) is 5.10 Å². The van der Waals surface area contributed by atoms with Gasteiger partial charge in [-0.3, -0.25) is 42.8 Å². The first-order valence-electron chi connectivity index (χ1n) is 42.1. The van der Waals surface area contributed by atoms with E-state index in [2.05, 4.69) is 82.5 Å². The second-order valence-electron chi connectivity index (χ2n) is 32.7. The van der Waals surface area contributed by atoms with Gasteiger partial charge in [0.15, 0.2) is 5.71 Å². The number of rotatable bonds is 48. The highest BCUT2D eigenvalue weighted by molar-refractivity contribution is 7.86. The van der Waals surface area contributed by atoms with E-state index in [-0.39, 0.29) is 111 Å². The minimum Gasteiger partial charge on any atom is -0.744 e. The van der Waals surface area contributed by atoms with Crippen molar-refractivity contribution in [1.82, 2.24) is 57.1 Å². The Morgan fingerprint density at radius 3 is 1.96 bits per heavy atom. The van der Waals surface area contributed by atoms with Gasteiger partial charge in [0.1, 0.15) is 52.3 Å². The number of phenolic OH excluding ortho intramolecular Hbond substituents is 1. The van der Waals surface area contributed by atoms with Crippen molar-refractivity contribution in [1.29, 1.82) is 0 Å². The molecule has 0 unspecified atom stereocenters. The van der Waals surface area contributed by atoms with Crippen LogP contribution >= 0.6 is 11.6 Å². The number of phenols is 1. The van der Waals surface area contributed by atoms with Crippen LogP contribution in [0.4, 0.5) is 16.2 Å². The second kappa shape index (κ2) is 45.8. The first-order chi connectivity index (χ1) is 59.8. The summed E-state index contributed by atoms with van der Waals surface area (Å²) in [6, 6.07) is 24.7. The number of fused-ring (bicyclic) bond motifs is 2. The van der Waals surface area contributed by atoms with Crippen LogP contribution in [0.1, 0.15) is 183 Å². The van der Waals surface area contributed by atoms with E-state index in [0.717, 1.165) is 64.3 Å². The van der Waals surface area contributed by atoms with Crippen LogP contribution in [0.5, 0.6) is 5.75 Å². The molecule has 12 N–H and O–H groups in total. The molecule has 3 aliphatic rings. The molecule has 126 heavy (non-hydrogen) atoms. The van der Waals surface area contributed by atoms with Crippen molar-refractivity contribution in [2.75, 3.05) is 38.1 Å². The summed E-state index contributed by atoms with van der Waals surface area (Å²) in [5.74, 6) is -6.78. The Morgan fingerprint density at radius 2 is 1.26 bits per heavy atom. The molecule has 5 aromatic carbocycles. The van der Waals surface area contributed by atoms with E-state index in [4.69, 9.17) is 16.7 Å². The predicted molar refractivity (Wildman–Crippen MR) is 469 cm³/mol. The Morgan fingerprint density at radius 1 is 0.611 bits per heavy atom. The molecular formula is C90H112ClN13O20S2. The number of hydrogen-bond donors (Lipinski definition) is 12. The lowest BCUT2D eigenvalue weighted by molar-refractivity contribution is -0.438. The molecular weight excluding hydrogens is 1680 g/mol. The number of carboxylic acids is 3. The van der Waals surface area contributed by atoms with Crippen molar-refractivity contribution in [2.24, 2.45) is 0 Å². The Hall–Kier alpha value is -11.9. The van der Waals surface area contributed by atoms with Crippen LogP contribution in [0.25, 0.3) is 0 Å². The number of aliphatic carboxylic acids is 3. The smallest absolute Gasteiger partial charge is 0.326 e. The fourth-order valence-corrected chi connectivity index (χ4v) is 16.8. The fraction of sp³-hybridized carbons (Fsp3) is 0.433. The van der Waals surface area contributed by atoms with Crippen molar-refractivity contribution >= 4 is 108 Å². The summed E-state index contributed by atoms with van der Waals surface area (Å²) >= 11 is 6.25. The van der Waals surface area contributed by atoms with Crippen molar-refractivity contribution in [3.63, 3.8) is 0 Å². The van der Waals surface area contributed by atoms with E-state index in [0.29, 0.717) is 91.9 Å². The first-order valence-corrected chi connectivity index (χ1v) is 45.3. The molecule has 0 fully saturated rings. The van der Waals surface area contributed by atoms with Gasteiger partial charge in [-0.2, -0.15) is 13.0 Å². The third-order valence-corrected chi connectivity index (χ3v) is 24.3. The van der Waals surface area contributed by atoms with Crippen LogP contribution in [0, 0.1) is 0 Å². The second-order valence-corrected chi connectivity index (χ2v) is 36.0. The van der Waals surface area contributed by atoms with Gasteiger partial charge in [0.25, 0.3) is 10.1 Å². The number of carboxylic acid groups (broad SMARTS) is 3. The van der Waals surface area contributed by atoms with Crippen molar-refractivity contribution < 1.29 is 98.9 Å². The van der Waals surface area contributed by atoms with E-state index in [1.807, 2.05) is 39.6 Å². The molecule has 0 saturated carbocycles. The molecule has 33 nitrogen and oxygen atoms in total. The number of allylic oxidation sites excluding steroid dienone is 8. The highest BCUT2D eigenvalue weighted by Gasteiger charge is 2.45. The van der Waals surface area contributed by atoms with Crippen LogP contribution in [0.15, 0.2) is 178 Å². The molecule has 2 aliphatic heterocycles. The number of nitrogens with zero attached hydrogens (tertiary/aromatic N) is 6. The average Bonchev–Trinajstić information content (AvgIpc) is 1.59. The van der Waals surface area contributed by atoms with Gasteiger partial charge >= 0.3 is 23.9 Å². The molecule has 8 amide bonds. The molecule has 3 heterocycles. The van der Waals surface area contributed by atoms with E-state index >= 15 is 0 Å². The number of anilines is 1. The number of halogens is 1. The number of benzene rings is 5. The van der Waals surface area contributed by atoms with Gasteiger partial charge in [-0.25, -0.2) is 22.8 Å². The van der Waals surface area contributed by atoms with Gasteiger partial charge < -0.3 is 72.0 Å². The summed E-state index contributed by atoms with van der Waals surface area (Å²) in [6.45, 7) is 9.79. The van der Waals surface area contributed by atoms with Crippen LogP contribution in [0.2, 0.25) is 5.02 Å². The Kier molecular flexibility index (Phi) is 35.6. The Labute approximate surface area is 738 Å². The Balaban J connectivity index is 0.709. The molecule has 36 heteroatoms. The maximum Gasteiger partial charge on any atom is 0.326 e. The zero-order chi connectivity index (χ0) is 91.5. The highest BCUT2D eigenvalue weighted by Crippen LogP contribution is 2.48. The van der Waals surface area contributed by atoms with Crippen LogP contribution in [-0.2, 0) is 107 Å². The van der Waals surface area contributed by atoms with Gasteiger partial charge in [-0.05, 0) is 185 Å². The number of aromatic hydroxyl groups is 1. The highest BCUT2D eigenvalue weighted by atomic mass is 35.5. The summed E-state index contributed by atoms with van der Waals surface area (Å²) in [4.78, 5) is 132. The van der Waals surface area contributed by atoms with Crippen LogP contribution in [0.3, 0.4) is 0 Å². The maximum atomic E-state index is 14.4. The van der Waals surface area contributed by atoms with Gasteiger partial charge in [0, 0.05) is 131 Å². The average molecular weight is 1800 g/mol. The number of unbranched alkanes of at least 4 members (excludes halogenated alkanes) is 5. The zero-order valence-corrected chi connectivity index (χ0v) is 73.7. The number of carbonyl (C=O) groups is 10. The number of hydrogen-bond acceptors (Lipinski definition) is 19. The first kappa shape index (κ1) is 97.9. The maximum absolute atomic E-state index is 14.4. The fourth-order valence-electron chi connectivity index (χ4n) is 15.5. The number of aromatic nitrogens is 3. The summed E-state index contributed by atoms with van der Waals surface area (Å²) < 4.78 is 74.5. The molecule has 6 aromatic rings. The number of carbonyl (C=O) groups excluding carboxylic acids is 7. The molecule has 0 spiro atoms. The van der Waals surface area contributed by atoms with E-state index < -0.39 is 116 Å². The van der Waals surface area contributed by atoms with Gasteiger partial charge in [0.05, 0.1) is 27.9 Å². The third-order valence-electron chi connectivity index (χ3n) is 22.4. The molecule has 4 atom stereocenters. The Bertz CT molecular complexity index is 5340. The molecule has 9 rings (SSSR count). The zero-order valence-electron chi connectivity index (χ0n) is 71.3. The number of nitrogens with one attached hydrogen (secondary N) is 7. The molecule has 0 saturated heterocycles. The predicted octanol–water partition coefficient (Wildman–Crippen LogP) is 9.63. The quantitative estimate of drug-likeness (QED) is 0.00960. The van der Waals surface area contributed by atoms with Gasteiger partial charge in [-0.1, -0.05) is 110 Å². The van der Waals surface area contributed by atoms with E-state index in [1.54, 1.807) is 94.6 Å². The molecule has 0 bridgehead atoms. The number of amides is 8. The normalized spacial score (nSPS) is 15.6. The largest absolute Gasteiger partial charge is 0.744 e. The lowest BCUT2D eigenvalue weighted by Gasteiger charge is -2.24. The minimum absolute atomic E-state index is 0.00681. The van der Waals surface area contributed by atoms with Gasteiger partial charge in [0.2, 0.25) is 41.1 Å². The van der Waals surface area contributed by atoms with E-state index in [1.165, 1.54) is 36.4 Å². The van der Waals surface area contributed by atoms with Crippen molar-refractivity contribution in [3.05, 3.63) is 207 Å². The standard InChI is InChI=1S/C90H112ClN13O20S2/c1-89(2)69-54-67(125(119,120)121)35-38-75(69)101(5)77(89)40-31-60-22-17-23-61(50-60)32-41-78-90(3,4)70-55-68(126(122,123)124)36-39-76(70)104(78)49-15-8-11-27-79(106)94-56-65-58-103(100-99-65)48-19-46-93-84(112)73(53-62-29-33-66(105)34-30-62)96-85(113)74(52-59-20-9-6-10-21-59)95-81(108)43-42-80(107)92-45-14-7-12-28-82(109)102(57-63-24-18-25-64(91)51-63)47-16-13-26-71(86(114)115)97-88(118)98-72(87(116)117)37-44-83(110)111/h6,9-10,18,20-21,24-25,29-36,38-41,50-51,54-55,58,71-74H,7-8,11-17,19,22-23,26-28,37,42-49,52-53,56-57H2,1-5H3,(H12-,92,93,94,95,96,97,98,105,106,107,108,110,111,112,113,114,115,116,117,118,119,120,121,122,123,124)/t71-,72-,73-,74-/m0/s1. The minimum atomic E-state index is -4.75. The topological polar surface area (TPSA) is 488 Å². The molecule has 676 valence electrons. The summed E-state index contributed by atoms with van der Waals surface area (Å²) in [5.41, 5.74) is 8.47. The molecule has 1 aromatic heterocycles. The number of aryl methyl sites for hydroxylation is 1. The summed E-state index contributed by atoms with van der Waals surface area (Å²) in [7, 11) is -7.23. The van der Waals surface area contributed by atoms with E-state index in [9.17, 15) is 89.2 Å². The lowest BCUT2D eigenvalue weighted by Crippen LogP contribution is -2.55. The number of likely N-dealkylation sites (N-methyl/N-ethyl adjacent to an activating group) is 1. The monoisotopic (exact) mass is 1790 g/mol. The lowest BCUT2D eigenvalue weighted by atomic mass is 9.81. The molecule has 0 radical (unpaired) electrons. The van der Waals surface area contributed by atoms with Crippen molar-refractivity contribution in [3.8, 4) is 5.75 Å². The SMILES string of the molecule is CN1/C(=C/C=C2C=C(/C=C/C3=[N+](CCCCCC(=O)NCc4cn(CCCNC(=O)[C@H](Cc5ccc(O)cc5)NC(=O)[C@H](Cc5ccccc5)NC(=O)CCC(=O)NCCCCCC(=O)N(CCCC[C@H](NC(=O)N[C@@H](CCC(=O)O)C(=O)O)C(=O)O)Cc5cccc(Cl)c5)nn4)c4ccc(S(=O)(=O)[O-])cc4C3(C)C)CCC/2)C(C)(C)c2cc(S(=O)(=O)O)ccc21. The summed E-state index contributed by atoms with van der Waals surface area (Å²) in [5, 5.41) is 65.6. The third kappa shape index (κ3) is 29.3. The van der Waals surface area contributed by atoms with Crippen LogP contribution in [-0.4, -0.2) is 193 Å². The summed E-state index contributed by atoms with van der Waals surface area (Å²) in [6.07, 6.45) is 17.9. The number of urea groups is 1.